The van der Waals surface area contributed by atoms with Crippen molar-refractivity contribution in [3.8, 4) is 17.6 Å². The highest BCUT2D eigenvalue weighted by Crippen LogP contribution is 2.34. The number of anilines is 3. The molecule has 184 valence electrons. The van der Waals surface area contributed by atoms with Gasteiger partial charge < -0.3 is 19.4 Å². The van der Waals surface area contributed by atoms with E-state index in [0.717, 1.165) is 18.7 Å². The number of likely N-dealkylation sites (tertiary alicyclic amines) is 1. The van der Waals surface area contributed by atoms with E-state index in [1.54, 1.807) is 25.1 Å². The Morgan fingerprint density at radius 2 is 1.91 bits per heavy atom. The molecule has 0 radical (unpaired) electrons. The average molecular weight is 483 g/mol. The molecule has 0 bridgehead atoms. The lowest BCUT2D eigenvalue weighted by Gasteiger charge is -2.32. The van der Waals surface area contributed by atoms with Crippen LogP contribution in [0.2, 0.25) is 0 Å². The molecule has 0 saturated carbocycles. The van der Waals surface area contributed by atoms with Gasteiger partial charge in [-0.05, 0) is 38.1 Å². The third-order valence-electron chi connectivity index (χ3n) is 6.37. The van der Waals surface area contributed by atoms with Crippen LogP contribution in [-0.2, 0) is 0 Å². The zero-order valence-corrected chi connectivity index (χ0v) is 19.9. The van der Waals surface area contributed by atoms with Crippen LogP contribution < -0.4 is 15.0 Å². The van der Waals surface area contributed by atoms with Crippen LogP contribution in [0.5, 0.6) is 5.75 Å². The lowest BCUT2D eigenvalue weighted by molar-refractivity contribution is -0.0222. The molecule has 35 heavy (non-hydrogen) atoms. The van der Waals surface area contributed by atoms with Crippen molar-refractivity contribution in [2.45, 2.75) is 38.5 Å². The van der Waals surface area contributed by atoms with E-state index in [1.165, 1.54) is 12.8 Å². The van der Waals surface area contributed by atoms with Crippen LogP contribution in [-0.4, -0.2) is 65.6 Å². The summed E-state index contributed by atoms with van der Waals surface area (Å²) in [5.74, 6) is 6.22. The Labute approximate surface area is 202 Å². The predicted molar refractivity (Wildman–Crippen MR) is 130 cm³/mol. The molecule has 2 aliphatic rings. The first-order valence-corrected chi connectivity index (χ1v) is 11.8. The molecule has 0 amide bonds. The highest BCUT2D eigenvalue weighted by molar-refractivity contribution is 5.93. The quantitative estimate of drug-likeness (QED) is 0.538. The molecule has 10 heteroatoms. The highest BCUT2D eigenvalue weighted by Gasteiger charge is 2.35. The smallest absolute Gasteiger partial charge is 0.251 e. The fourth-order valence-electron chi connectivity index (χ4n) is 4.40. The number of aromatic nitrogens is 3. The van der Waals surface area contributed by atoms with Crippen molar-refractivity contribution in [2.24, 2.45) is 0 Å². The lowest BCUT2D eigenvalue weighted by atomic mass is 10.1. The predicted octanol–water partition coefficient (Wildman–Crippen LogP) is 4.36. The fourth-order valence-corrected chi connectivity index (χ4v) is 4.40. The SMILES string of the molecule is COc1cc2c(Nc3cnc(C)o3)nc(N3CCC(F)(F)CC3)nc2cc1C#CCN1CCCC1. The molecule has 2 aromatic heterocycles. The summed E-state index contributed by atoms with van der Waals surface area (Å²) < 4.78 is 38.7. The van der Waals surface area contributed by atoms with Gasteiger partial charge in [-0.25, -0.2) is 18.7 Å². The minimum Gasteiger partial charge on any atom is -0.495 e. The van der Waals surface area contributed by atoms with Crippen molar-refractivity contribution >= 4 is 28.6 Å². The maximum atomic E-state index is 13.8. The molecule has 0 unspecified atom stereocenters. The summed E-state index contributed by atoms with van der Waals surface area (Å²) in [5, 5.41) is 3.86. The summed E-state index contributed by atoms with van der Waals surface area (Å²) >= 11 is 0. The Morgan fingerprint density at radius 3 is 2.60 bits per heavy atom. The number of nitrogens with zero attached hydrogens (tertiary/aromatic N) is 5. The first-order chi connectivity index (χ1) is 16.9. The van der Waals surface area contributed by atoms with E-state index in [0.29, 0.717) is 46.7 Å². The summed E-state index contributed by atoms with van der Waals surface area (Å²) in [6, 6.07) is 3.71. The van der Waals surface area contributed by atoms with E-state index in [4.69, 9.17) is 14.1 Å². The zero-order chi connectivity index (χ0) is 24.4. The standard InChI is InChI=1S/C25H28F2N6O2/c1-17-28-16-22(35-17)30-23-19-15-21(34-2)18(6-5-11-32-9-3-4-10-32)14-20(19)29-24(31-23)33-12-7-25(26,27)8-13-33/h14-16H,3-4,7-13H2,1-2H3,(H,29,30,31). The Balaban J connectivity index is 1.53. The monoisotopic (exact) mass is 482 g/mol. The first-order valence-electron chi connectivity index (χ1n) is 11.8. The number of benzene rings is 1. The van der Waals surface area contributed by atoms with Crippen molar-refractivity contribution in [3.05, 3.63) is 29.8 Å². The number of hydrogen-bond donors (Lipinski definition) is 1. The molecule has 4 heterocycles. The number of rotatable bonds is 5. The van der Waals surface area contributed by atoms with E-state index in [9.17, 15) is 8.78 Å². The molecule has 0 spiro atoms. The van der Waals surface area contributed by atoms with Gasteiger partial charge >= 0.3 is 0 Å². The van der Waals surface area contributed by atoms with E-state index in [-0.39, 0.29) is 25.9 Å². The topological polar surface area (TPSA) is 79.5 Å². The summed E-state index contributed by atoms with van der Waals surface area (Å²) in [7, 11) is 1.60. The third kappa shape index (κ3) is 5.30. The number of piperidine rings is 1. The summed E-state index contributed by atoms with van der Waals surface area (Å²) in [5.41, 5.74) is 1.35. The van der Waals surface area contributed by atoms with Crippen LogP contribution in [0.4, 0.5) is 26.4 Å². The zero-order valence-electron chi connectivity index (χ0n) is 19.9. The number of alkyl halides is 2. The van der Waals surface area contributed by atoms with Gasteiger partial charge in [-0.3, -0.25) is 4.90 Å². The number of nitrogens with one attached hydrogen (secondary N) is 1. The van der Waals surface area contributed by atoms with E-state index < -0.39 is 5.92 Å². The van der Waals surface area contributed by atoms with Crippen LogP contribution in [0, 0.1) is 18.8 Å². The van der Waals surface area contributed by atoms with Gasteiger partial charge in [0.1, 0.15) is 11.6 Å². The van der Waals surface area contributed by atoms with Gasteiger partial charge in [0, 0.05) is 38.2 Å². The molecule has 5 rings (SSSR count). The van der Waals surface area contributed by atoms with Gasteiger partial charge in [-0.2, -0.15) is 4.98 Å². The molecule has 3 aromatic rings. The van der Waals surface area contributed by atoms with Gasteiger partial charge in [-0.1, -0.05) is 11.8 Å². The Morgan fingerprint density at radius 1 is 1.14 bits per heavy atom. The maximum absolute atomic E-state index is 13.8. The number of aryl methyl sites for hydroxylation is 1. The van der Waals surface area contributed by atoms with Crippen LogP contribution >= 0.6 is 0 Å². The molecule has 0 aliphatic carbocycles. The normalized spacial score (nSPS) is 17.9. The van der Waals surface area contributed by atoms with Crippen molar-refractivity contribution in [1.29, 1.82) is 0 Å². The summed E-state index contributed by atoms with van der Waals surface area (Å²) in [6.45, 7) is 4.96. The second-order valence-electron chi connectivity index (χ2n) is 8.94. The number of hydrogen-bond acceptors (Lipinski definition) is 8. The van der Waals surface area contributed by atoms with Crippen LogP contribution in [0.25, 0.3) is 10.9 Å². The summed E-state index contributed by atoms with van der Waals surface area (Å²) in [6.07, 6.45) is 3.54. The molecule has 2 fully saturated rings. The molecule has 0 atom stereocenters. The molecule has 2 aliphatic heterocycles. The van der Waals surface area contributed by atoms with E-state index >= 15 is 0 Å². The van der Waals surface area contributed by atoms with E-state index in [1.807, 2.05) is 12.1 Å². The largest absolute Gasteiger partial charge is 0.495 e. The highest BCUT2D eigenvalue weighted by atomic mass is 19.3. The van der Waals surface area contributed by atoms with E-state index in [2.05, 4.69) is 32.0 Å². The minimum atomic E-state index is -2.66. The van der Waals surface area contributed by atoms with Crippen molar-refractivity contribution in [2.75, 3.05) is 50.1 Å². The molecular weight excluding hydrogens is 454 g/mol. The van der Waals surface area contributed by atoms with Crippen LogP contribution in [0.3, 0.4) is 0 Å². The maximum Gasteiger partial charge on any atom is 0.251 e. The second kappa shape index (κ2) is 9.66. The fraction of sp³-hybridized carbons (Fsp3) is 0.480. The number of oxazole rings is 1. The molecule has 1 aromatic carbocycles. The van der Waals surface area contributed by atoms with Gasteiger partial charge in [0.15, 0.2) is 5.89 Å². The van der Waals surface area contributed by atoms with Crippen molar-refractivity contribution in [1.82, 2.24) is 19.9 Å². The van der Waals surface area contributed by atoms with Gasteiger partial charge in [-0.15, -0.1) is 0 Å². The molecular formula is C25H28F2N6O2. The Bertz CT molecular complexity index is 1270. The van der Waals surface area contributed by atoms with Crippen LogP contribution in [0.1, 0.15) is 37.1 Å². The van der Waals surface area contributed by atoms with Gasteiger partial charge in [0.25, 0.3) is 5.92 Å². The van der Waals surface area contributed by atoms with Gasteiger partial charge in [0.2, 0.25) is 11.8 Å². The number of ether oxygens (including phenoxy) is 1. The minimum absolute atomic E-state index is 0.179. The third-order valence-corrected chi connectivity index (χ3v) is 6.37. The lowest BCUT2D eigenvalue weighted by Crippen LogP contribution is -2.40. The van der Waals surface area contributed by atoms with Crippen molar-refractivity contribution in [3.63, 3.8) is 0 Å². The second-order valence-corrected chi connectivity index (χ2v) is 8.94. The number of methoxy groups -OCH3 is 1. The number of halogens is 2. The average Bonchev–Trinajstić information content (AvgIpc) is 3.50. The van der Waals surface area contributed by atoms with Crippen molar-refractivity contribution < 1.29 is 17.9 Å². The van der Waals surface area contributed by atoms with Gasteiger partial charge in [0.05, 0.1) is 30.9 Å². The molecule has 1 N–H and O–H groups in total. The summed E-state index contributed by atoms with van der Waals surface area (Å²) in [4.78, 5) is 17.6. The molecule has 8 nitrogen and oxygen atoms in total. The Hall–Kier alpha value is -3.45. The molecule has 2 saturated heterocycles. The van der Waals surface area contributed by atoms with Crippen LogP contribution in [0.15, 0.2) is 22.7 Å². The number of fused-ring (bicyclic) bond motifs is 1. The Kier molecular flexibility index (Phi) is 6.43. The first kappa shape index (κ1) is 23.3.